The monoisotopic (exact) mass is 267 g/mol. The summed E-state index contributed by atoms with van der Waals surface area (Å²) in [5.74, 6) is -0.263. The summed E-state index contributed by atoms with van der Waals surface area (Å²) in [5, 5.41) is 8.09. The molecule has 1 aromatic carbocycles. The molecule has 96 valence electrons. The summed E-state index contributed by atoms with van der Waals surface area (Å²) in [6.45, 7) is 1.34. The maximum absolute atomic E-state index is 13.0. The largest absolute Gasteiger partial charge is 0.312 e. The number of aryl methyl sites for hydroxylation is 1. The second-order valence-electron chi connectivity index (χ2n) is 4.14. The van der Waals surface area contributed by atoms with Crippen molar-refractivity contribution in [1.29, 1.82) is 0 Å². The average molecular weight is 268 g/mol. The van der Waals surface area contributed by atoms with Crippen LogP contribution >= 0.6 is 11.6 Å². The van der Waals surface area contributed by atoms with Crippen LogP contribution in [0.15, 0.2) is 30.5 Å². The summed E-state index contributed by atoms with van der Waals surface area (Å²) < 4.78 is 14.8. The summed E-state index contributed by atoms with van der Waals surface area (Å²) in [4.78, 5) is 0. The Balaban J connectivity index is 1.80. The molecule has 2 rings (SSSR count). The molecule has 0 unspecified atom stereocenters. The van der Waals surface area contributed by atoms with Gasteiger partial charge in [-0.3, -0.25) is 4.68 Å². The molecular weight excluding hydrogens is 253 g/mol. The fraction of sp³-hybridized carbons (Fsp3) is 0.308. The zero-order valence-electron chi connectivity index (χ0n) is 10.2. The molecule has 3 nitrogen and oxygen atoms in total. The van der Waals surface area contributed by atoms with Crippen molar-refractivity contribution in [3.8, 4) is 0 Å². The lowest BCUT2D eigenvalue weighted by Gasteiger charge is -2.06. The van der Waals surface area contributed by atoms with Crippen molar-refractivity contribution in [2.45, 2.75) is 13.0 Å². The van der Waals surface area contributed by atoms with E-state index in [-0.39, 0.29) is 5.82 Å². The van der Waals surface area contributed by atoms with Gasteiger partial charge in [0.05, 0.1) is 5.69 Å². The van der Waals surface area contributed by atoms with Gasteiger partial charge in [-0.05, 0) is 29.8 Å². The predicted molar refractivity (Wildman–Crippen MR) is 70.0 cm³/mol. The minimum absolute atomic E-state index is 0.263. The Hall–Kier alpha value is -1.39. The molecule has 1 N–H and O–H groups in total. The van der Waals surface area contributed by atoms with Gasteiger partial charge in [-0.2, -0.15) is 5.10 Å². The standard InChI is InChI=1S/C13H15ClFN3/c1-18-7-5-12(17-18)4-6-16-9-10-8-11(15)2-3-13(10)14/h2-3,5,7-8,16H,4,6,9H2,1H3. The van der Waals surface area contributed by atoms with Crippen molar-refractivity contribution in [3.05, 3.63) is 52.6 Å². The predicted octanol–water partition coefficient (Wildman–Crippen LogP) is 2.54. The lowest BCUT2D eigenvalue weighted by molar-refractivity contribution is 0.619. The molecule has 1 aromatic heterocycles. The van der Waals surface area contributed by atoms with E-state index in [4.69, 9.17) is 11.6 Å². The van der Waals surface area contributed by atoms with E-state index in [0.29, 0.717) is 11.6 Å². The van der Waals surface area contributed by atoms with Gasteiger partial charge < -0.3 is 5.32 Å². The van der Waals surface area contributed by atoms with E-state index >= 15 is 0 Å². The topological polar surface area (TPSA) is 29.9 Å². The number of benzene rings is 1. The number of aromatic nitrogens is 2. The summed E-state index contributed by atoms with van der Waals surface area (Å²) in [5.41, 5.74) is 1.81. The molecule has 0 spiro atoms. The summed E-state index contributed by atoms with van der Waals surface area (Å²) in [6, 6.07) is 6.37. The van der Waals surface area contributed by atoms with Crippen molar-refractivity contribution < 1.29 is 4.39 Å². The first-order chi connectivity index (χ1) is 8.65. The molecule has 0 amide bonds. The zero-order chi connectivity index (χ0) is 13.0. The lowest BCUT2D eigenvalue weighted by atomic mass is 10.2. The molecule has 0 aliphatic heterocycles. The molecule has 0 radical (unpaired) electrons. The van der Waals surface area contributed by atoms with Gasteiger partial charge in [-0.25, -0.2) is 4.39 Å². The highest BCUT2D eigenvalue weighted by molar-refractivity contribution is 6.31. The molecule has 18 heavy (non-hydrogen) atoms. The Morgan fingerprint density at radius 3 is 2.94 bits per heavy atom. The molecule has 0 bridgehead atoms. The normalized spacial score (nSPS) is 10.8. The van der Waals surface area contributed by atoms with Gasteiger partial charge in [0.15, 0.2) is 0 Å². The maximum Gasteiger partial charge on any atom is 0.123 e. The van der Waals surface area contributed by atoms with E-state index in [1.807, 2.05) is 19.3 Å². The van der Waals surface area contributed by atoms with E-state index in [2.05, 4.69) is 10.4 Å². The second-order valence-corrected chi connectivity index (χ2v) is 4.55. The van der Waals surface area contributed by atoms with Gasteiger partial charge in [-0.15, -0.1) is 0 Å². The van der Waals surface area contributed by atoms with Crippen LogP contribution in [0.4, 0.5) is 4.39 Å². The highest BCUT2D eigenvalue weighted by Crippen LogP contribution is 2.16. The van der Waals surface area contributed by atoms with Gasteiger partial charge in [-0.1, -0.05) is 11.6 Å². The number of hydrogen-bond acceptors (Lipinski definition) is 2. The van der Waals surface area contributed by atoms with Crippen LogP contribution in [0, 0.1) is 5.82 Å². The van der Waals surface area contributed by atoms with Gasteiger partial charge in [0.2, 0.25) is 0 Å². The van der Waals surface area contributed by atoms with Crippen molar-refractivity contribution >= 4 is 11.6 Å². The van der Waals surface area contributed by atoms with E-state index in [0.717, 1.165) is 24.2 Å². The fourth-order valence-corrected chi connectivity index (χ4v) is 1.90. The molecule has 0 saturated carbocycles. The molecular formula is C13H15ClFN3. The Morgan fingerprint density at radius 2 is 2.22 bits per heavy atom. The smallest absolute Gasteiger partial charge is 0.123 e. The molecule has 5 heteroatoms. The number of nitrogens with zero attached hydrogens (tertiary/aromatic N) is 2. The SMILES string of the molecule is Cn1ccc(CCNCc2cc(F)ccc2Cl)n1. The van der Waals surface area contributed by atoms with E-state index < -0.39 is 0 Å². The molecule has 0 aliphatic carbocycles. The zero-order valence-corrected chi connectivity index (χ0v) is 10.9. The number of nitrogens with one attached hydrogen (secondary N) is 1. The van der Waals surface area contributed by atoms with Gasteiger partial charge >= 0.3 is 0 Å². The van der Waals surface area contributed by atoms with Crippen LogP contribution < -0.4 is 5.32 Å². The van der Waals surface area contributed by atoms with Crippen molar-refractivity contribution in [2.24, 2.45) is 7.05 Å². The second kappa shape index (κ2) is 5.98. The van der Waals surface area contributed by atoms with E-state index in [9.17, 15) is 4.39 Å². The highest BCUT2D eigenvalue weighted by atomic mass is 35.5. The fourth-order valence-electron chi connectivity index (χ4n) is 1.71. The van der Waals surface area contributed by atoms with Crippen LogP contribution in [0.25, 0.3) is 0 Å². The Morgan fingerprint density at radius 1 is 1.39 bits per heavy atom. The third kappa shape index (κ3) is 3.55. The minimum Gasteiger partial charge on any atom is -0.312 e. The number of hydrogen-bond donors (Lipinski definition) is 1. The van der Waals surface area contributed by atoms with Crippen molar-refractivity contribution in [2.75, 3.05) is 6.54 Å². The quantitative estimate of drug-likeness (QED) is 0.844. The summed E-state index contributed by atoms with van der Waals surface area (Å²) in [7, 11) is 1.89. The highest BCUT2D eigenvalue weighted by Gasteiger charge is 2.02. The molecule has 0 aliphatic rings. The van der Waals surface area contributed by atoms with Crippen molar-refractivity contribution in [3.63, 3.8) is 0 Å². The van der Waals surface area contributed by atoms with Gasteiger partial charge in [0.1, 0.15) is 5.82 Å². The van der Waals surface area contributed by atoms with Crippen molar-refractivity contribution in [1.82, 2.24) is 15.1 Å². The first-order valence-corrected chi connectivity index (χ1v) is 6.16. The molecule has 0 fully saturated rings. The Labute approximate surface area is 111 Å². The molecule has 2 aromatic rings. The first kappa shape index (κ1) is 13.1. The maximum atomic E-state index is 13.0. The summed E-state index contributed by atoms with van der Waals surface area (Å²) >= 11 is 5.97. The molecule has 0 saturated heterocycles. The van der Waals surface area contributed by atoms with E-state index in [1.54, 1.807) is 10.7 Å². The van der Waals surface area contributed by atoms with Crippen LogP contribution in [0.2, 0.25) is 5.02 Å². The average Bonchev–Trinajstić information content (AvgIpc) is 2.75. The molecule has 1 heterocycles. The first-order valence-electron chi connectivity index (χ1n) is 5.78. The van der Waals surface area contributed by atoms with Crippen LogP contribution in [-0.2, 0) is 20.0 Å². The number of halogens is 2. The third-order valence-electron chi connectivity index (χ3n) is 2.65. The lowest BCUT2D eigenvalue weighted by Crippen LogP contribution is -2.17. The van der Waals surface area contributed by atoms with Crippen LogP contribution in [0.5, 0.6) is 0 Å². The van der Waals surface area contributed by atoms with Crippen LogP contribution in [0.1, 0.15) is 11.3 Å². The van der Waals surface area contributed by atoms with Gasteiger partial charge in [0, 0.05) is 37.8 Å². The van der Waals surface area contributed by atoms with Crippen LogP contribution in [-0.4, -0.2) is 16.3 Å². The third-order valence-corrected chi connectivity index (χ3v) is 3.02. The minimum atomic E-state index is -0.263. The molecule has 0 atom stereocenters. The van der Waals surface area contributed by atoms with Gasteiger partial charge in [0.25, 0.3) is 0 Å². The Kier molecular flexibility index (Phi) is 4.33. The number of rotatable bonds is 5. The van der Waals surface area contributed by atoms with Crippen LogP contribution in [0.3, 0.4) is 0 Å². The summed E-state index contributed by atoms with van der Waals surface area (Å²) in [6.07, 6.45) is 2.76. The van der Waals surface area contributed by atoms with E-state index in [1.165, 1.54) is 12.1 Å². The Bertz CT molecular complexity index is 525.